The quantitative estimate of drug-likeness (QED) is 0.371. The number of ether oxygens (including phenoxy) is 1. The van der Waals surface area contributed by atoms with E-state index in [4.69, 9.17) is 4.74 Å². The van der Waals surface area contributed by atoms with Gasteiger partial charge in [0.25, 0.3) is 0 Å². The van der Waals surface area contributed by atoms with Crippen molar-refractivity contribution in [2.45, 2.75) is 18.9 Å². The molecule has 1 unspecified atom stereocenters. The van der Waals surface area contributed by atoms with Crippen molar-refractivity contribution in [1.29, 1.82) is 0 Å². The van der Waals surface area contributed by atoms with E-state index in [2.05, 4.69) is 21.7 Å². The minimum absolute atomic E-state index is 0. The Bertz CT molecular complexity index is 686. The largest absolute Gasteiger partial charge is 0.488 e. The molecule has 1 aromatic rings. The van der Waals surface area contributed by atoms with Crippen LogP contribution in [0.3, 0.4) is 0 Å². The van der Waals surface area contributed by atoms with Gasteiger partial charge in [0.2, 0.25) is 10.0 Å². The van der Waals surface area contributed by atoms with Crippen LogP contribution in [0.25, 0.3) is 0 Å². The van der Waals surface area contributed by atoms with E-state index in [9.17, 15) is 8.42 Å². The number of hydrogen-bond donors (Lipinski definition) is 2. The number of nitrogens with zero attached hydrogens (tertiary/aromatic N) is 2. The van der Waals surface area contributed by atoms with Crippen LogP contribution in [0.1, 0.15) is 12.0 Å². The highest BCUT2D eigenvalue weighted by Crippen LogP contribution is 2.27. The molecule has 2 aliphatic rings. The second-order valence-electron chi connectivity index (χ2n) is 6.00. The molecule has 2 heterocycles. The number of fused-ring (bicyclic) bond motifs is 1. The molecule has 3 rings (SSSR count). The molecular formula is C16H25IN4O3S. The van der Waals surface area contributed by atoms with Crippen LogP contribution in [0.5, 0.6) is 5.75 Å². The Morgan fingerprint density at radius 2 is 2.16 bits per heavy atom. The molecule has 0 bridgehead atoms. The number of halogens is 1. The average Bonchev–Trinajstić information content (AvgIpc) is 3.13. The summed E-state index contributed by atoms with van der Waals surface area (Å²) in [5, 5.41) is 6.39. The molecule has 2 N–H and O–H groups in total. The SMILES string of the molecule is CN=C(NCCN1CCCS1(=O)=O)NCC1Cc2ccccc2O1.I. The number of sulfonamides is 1. The molecule has 0 amide bonds. The fraction of sp³-hybridized carbons (Fsp3) is 0.562. The van der Waals surface area contributed by atoms with Crippen LogP contribution in [0, 0.1) is 0 Å². The molecule has 1 saturated heterocycles. The van der Waals surface area contributed by atoms with Crippen molar-refractivity contribution < 1.29 is 13.2 Å². The first-order chi connectivity index (χ1) is 11.6. The molecule has 1 fully saturated rings. The van der Waals surface area contributed by atoms with Crippen LogP contribution in [-0.4, -0.2) is 63.8 Å². The molecular weight excluding hydrogens is 455 g/mol. The highest BCUT2D eigenvalue weighted by atomic mass is 127. The lowest BCUT2D eigenvalue weighted by Gasteiger charge is -2.18. The fourth-order valence-electron chi connectivity index (χ4n) is 3.04. The Morgan fingerprint density at radius 1 is 1.36 bits per heavy atom. The molecule has 1 aromatic carbocycles. The number of nitrogens with one attached hydrogen (secondary N) is 2. The van der Waals surface area contributed by atoms with Crippen LogP contribution in [-0.2, 0) is 16.4 Å². The van der Waals surface area contributed by atoms with Crippen LogP contribution < -0.4 is 15.4 Å². The van der Waals surface area contributed by atoms with Crippen molar-refractivity contribution >= 4 is 40.0 Å². The molecule has 0 spiro atoms. The molecule has 2 aliphatic heterocycles. The molecule has 0 aliphatic carbocycles. The van der Waals surface area contributed by atoms with Gasteiger partial charge in [0.1, 0.15) is 11.9 Å². The van der Waals surface area contributed by atoms with Gasteiger partial charge in [0, 0.05) is 33.1 Å². The third-order valence-corrected chi connectivity index (χ3v) is 6.25. The highest BCUT2D eigenvalue weighted by Gasteiger charge is 2.27. The summed E-state index contributed by atoms with van der Waals surface area (Å²) in [6.45, 7) is 2.26. The number of benzene rings is 1. The molecule has 0 radical (unpaired) electrons. The van der Waals surface area contributed by atoms with Gasteiger partial charge in [-0.2, -0.15) is 0 Å². The zero-order chi connectivity index (χ0) is 17.0. The van der Waals surface area contributed by atoms with Crippen molar-refractivity contribution in [1.82, 2.24) is 14.9 Å². The summed E-state index contributed by atoms with van der Waals surface area (Å²) in [4.78, 5) is 4.17. The lowest BCUT2D eigenvalue weighted by Crippen LogP contribution is -2.44. The van der Waals surface area contributed by atoms with E-state index < -0.39 is 10.0 Å². The van der Waals surface area contributed by atoms with Gasteiger partial charge in [-0.15, -0.1) is 24.0 Å². The molecule has 140 valence electrons. The molecule has 0 saturated carbocycles. The fourth-order valence-corrected chi connectivity index (χ4v) is 4.57. The minimum atomic E-state index is -3.03. The smallest absolute Gasteiger partial charge is 0.214 e. The van der Waals surface area contributed by atoms with Gasteiger partial charge in [-0.3, -0.25) is 4.99 Å². The monoisotopic (exact) mass is 480 g/mol. The Balaban J connectivity index is 0.00000225. The van der Waals surface area contributed by atoms with Gasteiger partial charge >= 0.3 is 0 Å². The zero-order valence-corrected chi connectivity index (χ0v) is 17.4. The predicted molar refractivity (Wildman–Crippen MR) is 109 cm³/mol. The minimum Gasteiger partial charge on any atom is -0.488 e. The lowest BCUT2D eigenvalue weighted by molar-refractivity contribution is 0.235. The normalized spacial score (nSPS) is 22.0. The Labute approximate surface area is 166 Å². The van der Waals surface area contributed by atoms with E-state index >= 15 is 0 Å². The number of rotatable bonds is 5. The maximum Gasteiger partial charge on any atom is 0.214 e. The number of aliphatic imine (C=N–C) groups is 1. The highest BCUT2D eigenvalue weighted by molar-refractivity contribution is 14.0. The summed E-state index contributed by atoms with van der Waals surface area (Å²) < 4.78 is 30.9. The predicted octanol–water partition coefficient (Wildman–Crippen LogP) is 0.809. The van der Waals surface area contributed by atoms with E-state index in [-0.39, 0.29) is 35.8 Å². The van der Waals surface area contributed by atoms with Gasteiger partial charge in [-0.1, -0.05) is 18.2 Å². The first kappa shape index (κ1) is 20.2. The summed E-state index contributed by atoms with van der Waals surface area (Å²) in [5.41, 5.74) is 1.23. The average molecular weight is 480 g/mol. The maximum absolute atomic E-state index is 11.8. The van der Waals surface area contributed by atoms with Crippen molar-refractivity contribution in [3.8, 4) is 5.75 Å². The van der Waals surface area contributed by atoms with Gasteiger partial charge in [-0.25, -0.2) is 12.7 Å². The number of guanidine groups is 1. The first-order valence-corrected chi connectivity index (χ1v) is 9.86. The van der Waals surface area contributed by atoms with Crippen molar-refractivity contribution in [2.24, 2.45) is 4.99 Å². The molecule has 7 nitrogen and oxygen atoms in total. The molecule has 9 heteroatoms. The van der Waals surface area contributed by atoms with Crippen LogP contribution in [0.15, 0.2) is 29.3 Å². The van der Waals surface area contributed by atoms with Crippen molar-refractivity contribution in [3.63, 3.8) is 0 Å². The van der Waals surface area contributed by atoms with Gasteiger partial charge in [-0.05, 0) is 18.1 Å². The molecule has 0 aromatic heterocycles. The Kier molecular flexibility index (Phi) is 7.32. The third kappa shape index (κ3) is 5.20. The lowest BCUT2D eigenvalue weighted by atomic mass is 10.1. The number of hydrogen-bond acceptors (Lipinski definition) is 4. The van der Waals surface area contributed by atoms with E-state index in [1.165, 1.54) is 9.87 Å². The molecule has 25 heavy (non-hydrogen) atoms. The molecule has 1 atom stereocenters. The zero-order valence-electron chi connectivity index (χ0n) is 14.3. The van der Waals surface area contributed by atoms with Crippen molar-refractivity contribution in [2.75, 3.05) is 39.0 Å². The summed E-state index contributed by atoms with van der Waals surface area (Å²) in [7, 11) is -1.33. The summed E-state index contributed by atoms with van der Waals surface area (Å²) >= 11 is 0. The van der Waals surface area contributed by atoms with Crippen molar-refractivity contribution in [3.05, 3.63) is 29.8 Å². The van der Waals surface area contributed by atoms with E-state index in [0.29, 0.717) is 32.1 Å². The standard InChI is InChI=1S/C16H24N4O3S.HI/c1-17-16(18-7-9-20-8-4-10-24(20,21)22)19-12-14-11-13-5-2-3-6-15(13)23-14;/h2-3,5-6,14H,4,7-12H2,1H3,(H2,17,18,19);1H. The topological polar surface area (TPSA) is 83.0 Å². The summed E-state index contributed by atoms with van der Waals surface area (Å²) in [6, 6.07) is 8.06. The van der Waals surface area contributed by atoms with E-state index in [1.807, 2.05) is 18.2 Å². The third-order valence-electron chi connectivity index (χ3n) is 4.29. The second-order valence-corrected chi connectivity index (χ2v) is 8.09. The Hall–Kier alpha value is -1.07. The van der Waals surface area contributed by atoms with Crippen LogP contribution in [0.4, 0.5) is 0 Å². The second kappa shape index (κ2) is 9.04. The van der Waals surface area contributed by atoms with Gasteiger partial charge < -0.3 is 15.4 Å². The summed E-state index contributed by atoms with van der Waals surface area (Å²) in [6.07, 6.45) is 1.68. The number of para-hydroxylation sites is 1. The maximum atomic E-state index is 11.8. The summed E-state index contributed by atoms with van der Waals surface area (Å²) in [5.74, 6) is 1.87. The van der Waals surface area contributed by atoms with E-state index in [0.717, 1.165) is 18.6 Å². The Morgan fingerprint density at radius 3 is 2.84 bits per heavy atom. The van der Waals surface area contributed by atoms with Crippen LogP contribution in [0.2, 0.25) is 0 Å². The van der Waals surface area contributed by atoms with Crippen LogP contribution >= 0.6 is 24.0 Å². The first-order valence-electron chi connectivity index (χ1n) is 8.25. The van der Waals surface area contributed by atoms with Gasteiger partial charge in [0.05, 0.1) is 12.3 Å². The van der Waals surface area contributed by atoms with Gasteiger partial charge in [0.15, 0.2) is 5.96 Å². The van der Waals surface area contributed by atoms with E-state index in [1.54, 1.807) is 7.05 Å².